The summed E-state index contributed by atoms with van der Waals surface area (Å²) in [7, 11) is 0. The molecule has 1 saturated carbocycles. The van der Waals surface area contributed by atoms with Crippen LogP contribution in [0.3, 0.4) is 0 Å². The number of nitrogens with one attached hydrogen (secondary N) is 1. The highest BCUT2D eigenvalue weighted by atomic mass is 16.1. The number of rotatable bonds is 7. The molecule has 1 N–H and O–H groups in total. The van der Waals surface area contributed by atoms with Crippen LogP contribution in [0.25, 0.3) is 0 Å². The van der Waals surface area contributed by atoms with Gasteiger partial charge in [-0.25, -0.2) is 0 Å². The molecule has 0 radical (unpaired) electrons. The molecule has 2 unspecified atom stereocenters. The van der Waals surface area contributed by atoms with E-state index in [2.05, 4.69) is 26.1 Å². The zero-order valence-electron chi connectivity index (χ0n) is 10.4. The van der Waals surface area contributed by atoms with Gasteiger partial charge in [-0.2, -0.15) is 0 Å². The van der Waals surface area contributed by atoms with Crippen LogP contribution in [-0.2, 0) is 4.79 Å². The first-order valence-electron chi connectivity index (χ1n) is 6.49. The highest BCUT2D eigenvalue weighted by Gasteiger charge is 2.32. The number of hydrogen-bond acceptors (Lipinski definition) is 1. The lowest BCUT2D eigenvalue weighted by Crippen LogP contribution is -2.38. The second kappa shape index (κ2) is 6.14. The van der Waals surface area contributed by atoms with Gasteiger partial charge in [-0.3, -0.25) is 4.79 Å². The lowest BCUT2D eigenvalue weighted by molar-refractivity contribution is -0.125. The third kappa shape index (κ3) is 4.23. The molecular formula is C13H25NO. The van der Waals surface area contributed by atoms with Gasteiger partial charge in [0.1, 0.15) is 0 Å². The van der Waals surface area contributed by atoms with Gasteiger partial charge in [0, 0.05) is 12.0 Å². The van der Waals surface area contributed by atoms with Gasteiger partial charge in [-0.05, 0) is 31.6 Å². The van der Waals surface area contributed by atoms with Crippen LogP contribution in [0.15, 0.2) is 0 Å². The van der Waals surface area contributed by atoms with E-state index in [4.69, 9.17) is 0 Å². The highest BCUT2D eigenvalue weighted by Crippen LogP contribution is 2.36. The Kier molecular flexibility index (Phi) is 5.13. The lowest BCUT2D eigenvalue weighted by Gasteiger charge is -2.19. The van der Waals surface area contributed by atoms with Crippen LogP contribution in [0.5, 0.6) is 0 Å². The van der Waals surface area contributed by atoms with Crippen molar-refractivity contribution >= 4 is 5.91 Å². The molecule has 0 aromatic heterocycles. The number of amides is 1. The van der Waals surface area contributed by atoms with Gasteiger partial charge in [-0.15, -0.1) is 0 Å². The Hall–Kier alpha value is -0.530. The van der Waals surface area contributed by atoms with Crippen molar-refractivity contribution in [3.05, 3.63) is 0 Å². The van der Waals surface area contributed by atoms with Crippen LogP contribution in [0.4, 0.5) is 0 Å². The molecule has 88 valence electrons. The molecule has 0 saturated heterocycles. The minimum Gasteiger partial charge on any atom is -0.353 e. The summed E-state index contributed by atoms with van der Waals surface area (Å²) in [6, 6.07) is 0.402. The van der Waals surface area contributed by atoms with Crippen LogP contribution >= 0.6 is 0 Å². The van der Waals surface area contributed by atoms with E-state index >= 15 is 0 Å². The van der Waals surface area contributed by atoms with Crippen molar-refractivity contribution in [2.45, 2.75) is 65.3 Å². The Labute approximate surface area is 93.8 Å². The summed E-state index contributed by atoms with van der Waals surface area (Å²) in [5, 5.41) is 3.18. The van der Waals surface area contributed by atoms with Gasteiger partial charge in [0.05, 0.1) is 0 Å². The molecule has 0 bridgehead atoms. The fourth-order valence-electron chi connectivity index (χ4n) is 1.97. The van der Waals surface area contributed by atoms with E-state index in [0.29, 0.717) is 12.0 Å². The number of unbranched alkanes of at least 4 members (excludes halogenated alkanes) is 1. The summed E-state index contributed by atoms with van der Waals surface area (Å²) in [4.78, 5) is 11.8. The maximum atomic E-state index is 11.8. The number of carbonyl (C=O) groups is 1. The summed E-state index contributed by atoms with van der Waals surface area (Å²) >= 11 is 0. The monoisotopic (exact) mass is 211 g/mol. The minimum atomic E-state index is 0.237. The number of hydrogen-bond donors (Lipinski definition) is 1. The Bertz CT molecular complexity index is 199. The normalized spacial score (nSPS) is 19.7. The molecule has 2 heteroatoms. The van der Waals surface area contributed by atoms with Gasteiger partial charge in [0.2, 0.25) is 5.91 Å². The van der Waals surface area contributed by atoms with Crippen LogP contribution in [0, 0.1) is 11.8 Å². The van der Waals surface area contributed by atoms with Crippen molar-refractivity contribution in [1.29, 1.82) is 0 Å². The van der Waals surface area contributed by atoms with Crippen molar-refractivity contribution in [3.63, 3.8) is 0 Å². The second-order valence-electron chi connectivity index (χ2n) is 4.88. The Balaban J connectivity index is 2.26. The van der Waals surface area contributed by atoms with Gasteiger partial charge < -0.3 is 5.32 Å². The molecule has 1 amide bonds. The van der Waals surface area contributed by atoms with Crippen LogP contribution < -0.4 is 5.32 Å². The minimum absolute atomic E-state index is 0.237. The molecule has 1 aliphatic rings. The van der Waals surface area contributed by atoms with E-state index in [1.54, 1.807) is 0 Å². The maximum Gasteiger partial charge on any atom is 0.223 e. The van der Waals surface area contributed by atoms with E-state index < -0.39 is 0 Å². The van der Waals surface area contributed by atoms with Gasteiger partial charge in [0.25, 0.3) is 0 Å². The predicted octanol–water partition coefficient (Wildman–Crippen LogP) is 3.12. The first-order chi connectivity index (χ1) is 7.19. The van der Waals surface area contributed by atoms with Gasteiger partial charge in [0.15, 0.2) is 0 Å². The molecule has 0 aromatic carbocycles. The highest BCUT2D eigenvalue weighted by molar-refractivity contribution is 5.79. The third-order valence-corrected chi connectivity index (χ3v) is 3.49. The summed E-state index contributed by atoms with van der Waals surface area (Å²) < 4.78 is 0. The fraction of sp³-hybridized carbons (Fsp3) is 0.923. The average Bonchev–Trinajstić information content (AvgIpc) is 3.06. The van der Waals surface area contributed by atoms with Gasteiger partial charge >= 0.3 is 0 Å². The predicted molar refractivity (Wildman–Crippen MR) is 63.6 cm³/mol. The van der Waals surface area contributed by atoms with Crippen molar-refractivity contribution < 1.29 is 4.79 Å². The SMILES string of the molecule is CCCCC(CC)NC(=O)C(C)C1CC1. The summed E-state index contributed by atoms with van der Waals surface area (Å²) in [5.74, 6) is 1.19. The summed E-state index contributed by atoms with van der Waals surface area (Å²) in [6.07, 6.45) is 7.13. The smallest absolute Gasteiger partial charge is 0.223 e. The van der Waals surface area contributed by atoms with E-state index in [1.807, 2.05) is 0 Å². The van der Waals surface area contributed by atoms with Crippen molar-refractivity contribution in [2.75, 3.05) is 0 Å². The maximum absolute atomic E-state index is 11.8. The molecule has 0 spiro atoms. The van der Waals surface area contributed by atoms with Crippen molar-refractivity contribution in [2.24, 2.45) is 11.8 Å². The zero-order chi connectivity index (χ0) is 11.3. The van der Waals surface area contributed by atoms with E-state index in [9.17, 15) is 4.79 Å². The molecule has 2 nitrogen and oxygen atoms in total. The topological polar surface area (TPSA) is 29.1 Å². The van der Waals surface area contributed by atoms with Crippen LogP contribution in [-0.4, -0.2) is 11.9 Å². The Morgan fingerprint density at radius 1 is 1.40 bits per heavy atom. The van der Waals surface area contributed by atoms with E-state index in [0.717, 1.165) is 12.8 Å². The van der Waals surface area contributed by atoms with Crippen LogP contribution in [0.2, 0.25) is 0 Å². The van der Waals surface area contributed by atoms with E-state index in [-0.39, 0.29) is 11.8 Å². The molecule has 1 rings (SSSR count). The molecule has 1 aliphatic carbocycles. The molecule has 0 heterocycles. The number of carbonyl (C=O) groups excluding carboxylic acids is 1. The van der Waals surface area contributed by atoms with Gasteiger partial charge in [-0.1, -0.05) is 33.6 Å². The first-order valence-corrected chi connectivity index (χ1v) is 6.49. The summed E-state index contributed by atoms with van der Waals surface area (Å²) in [5.41, 5.74) is 0. The second-order valence-corrected chi connectivity index (χ2v) is 4.88. The zero-order valence-corrected chi connectivity index (χ0v) is 10.4. The van der Waals surface area contributed by atoms with E-state index in [1.165, 1.54) is 25.7 Å². The standard InChI is InChI=1S/C13H25NO/c1-4-6-7-12(5-2)14-13(15)10(3)11-8-9-11/h10-12H,4-9H2,1-3H3,(H,14,15). The summed E-state index contributed by atoms with van der Waals surface area (Å²) in [6.45, 7) is 6.42. The van der Waals surface area contributed by atoms with Crippen molar-refractivity contribution in [3.8, 4) is 0 Å². The molecule has 2 atom stereocenters. The lowest BCUT2D eigenvalue weighted by atomic mass is 10.0. The average molecular weight is 211 g/mol. The fourth-order valence-corrected chi connectivity index (χ4v) is 1.97. The Morgan fingerprint density at radius 2 is 2.07 bits per heavy atom. The molecular weight excluding hydrogens is 186 g/mol. The first kappa shape index (κ1) is 12.5. The Morgan fingerprint density at radius 3 is 2.53 bits per heavy atom. The van der Waals surface area contributed by atoms with Crippen LogP contribution in [0.1, 0.15) is 59.3 Å². The molecule has 1 fully saturated rings. The molecule has 0 aromatic rings. The molecule has 0 aliphatic heterocycles. The quantitative estimate of drug-likeness (QED) is 0.688. The third-order valence-electron chi connectivity index (χ3n) is 3.49. The van der Waals surface area contributed by atoms with Crippen molar-refractivity contribution in [1.82, 2.24) is 5.32 Å². The molecule has 15 heavy (non-hydrogen) atoms. The largest absolute Gasteiger partial charge is 0.353 e.